The summed E-state index contributed by atoms with van der Waals surface area (Å²) in [6.45, 7) is 2.15. The minimum atomic E-state index is -0.245. The molecule has 116 valence electrons. The van der Waals surface area contributed by atoms with E-state index < -0.39 is 0 Å². The molecule has 0 spiro atoms. The second-order valence-corrected chi connectivity index (χ2v) is 6.45. The van der Waals surface area contributed by atoms with Crippen LogP contribution in [-0.2, 0) is 14.3 Å². The second-order valence-electron chi connectivity index (χ2n) is 6.45. The Morgan fingerprint density at radius 3 is 2.48 bits per heavy atom. The first-order valence-electron chi connectivity index (χ1n) is 8.04. The van der Waals surface area contributed by atoms with Crippen molar-refractivity contribution in [2.75, 3.05) is 19.7 Å². The van der Waals surface area contributed by atoms with Gasteiger partial charge in [0.05, 0.1) is 12.0 Å². The number of ether oxygens (including phenoxy) is 1. The molecular weight excluding hydrogens is 268 g/mol. The average molecular weight is 292 g/mol. The van der Waals surface area contributed by atoms with Crippen molar-refractivity contribution < 1.29 is 14.3 Å². The standard InChI is InChI=1S/C16H24N2O3/c17-16(20)13-6-9-21-15(13)12-4-7-18(8-5-12)14(19)10-11-2-1-3-11/h10,12-13,15H,1-9H2,(H2,17,20)/t13-,15+/m0/s1. The van der Waals surface area contributed by atoms with E-state index in [1.165, 1.54) is 12.0 Å². The molecule has 0 bridgehead atoms. The summed E-state index contributed by atoms with van der Waals surface area (Å²) in [5.74, 6) is 0.118. The number of likely N-dealkylation sites (tertiary alicyclic amines) is 1. The van der Waals surface area contributed by atoms with Gasteiger partial charge in [-0.2, -0.15) is 0 Å². The first kappa shape index (κ1) is 14.6. The normalized spacial score (nSPS) is 30.1. The van der Waals surface area contributed by atoms with Crippen LogP contribution in [0.15, 0.2) is 11.6 Å². The number of piperidine rings is 1. The number of nitrogens with two attached hydrogens (primary N) is 1. The van der Waals surface area contributed by atoms with Gasteiger partial charge in [0.25, 0.3) is 0 Å². The van der Waals surface area contributed by atoms with Gasteiger partial charge < -0.3 is 15.4 Å². The molecule has 5 nitrogen and oxygen atoms in total. The van der Waals surface area contributed by atoms with E-state index in [9.17, 15) is 9.59 Å². The van der Waals surface area contributed by atoms with Gasteiger partial charge in [0.1, 0.15) is 0 Å². The number of nitrogens with zero attached hydrogens (tertiary/aromatic N) is 1. The molecule has 0 radical (unpaired) electrons. The number of allylic oxidation sites excluding steroid dienone is 1. The Morgan fingerprint density at radius 1 is 1.19 bits per heavy atom. The van der Waals surface area contributed by atoms with Crippen molar-refractivity contribution in [1.29, 1.82) is 0 Å². The molecule has 0 unspecified atom stereocenters. The zero-order valence-electron chi connectivity index (χ0n) is 12.4. The lowest BCUT2D eigenvalue weighted by Crippen LogP contribution is -2.43. The Bertz CT molecular complexity index is 446. The highest BCUT2D eigenvalue weighted by Crippen LogP contribution is 2.33. The maximum absolute atomic E-state index is 12.1. The van der Waals surface area contributed by atoms with E-state index >= 15 is 0 Å². The van der Waals surface area contributed by atoms with E-state index in [1.807, 2.05) is 11.0 Å². The highest BCUT2D eigenvalue weighted by molar-refractivity contribution is 5.88. The predicted molar refractivity (Wildman–Crippen MR) is 78.3 cm³/mol. The smallest absolute Gasteiger partial charge is 0.246 e. The van der Waals surface area contributed by atoms with Crippen LogP contribution in [0.25, 0.3) is 0 Å². The van der Waals surface area contributed by atoms with Crippen molar-refractivity contribution >= 4 is 11.8 Å². The zero-order chi connectivity index (χ0) is 14.8. The van der Waals surface area contributed by atoms with Gasteiger partial charge in [-0.25, -0.2) is 0 Å². The molecule has 2 N–H and O–H groups in total. The third-order valence-electron chi connectivity index (χ3n) is 5.14. The fourth-order valence-electron chi connectivity index (χ4n) is 3.62. The second kappa shape index (κ2) is 6.18. The SMILES string of the molecule is NC(=O)[C@H]1CCO[C@@H]1C1CCN(C(=O)C=C2CCC2)CC1. The van der Waals surface area contributed by atoms with Crippen LogP contribution < -0.4 is 5.73 Å². The van der Waals surface area contributed by atoms with Crippen LogP contribution in [0.1, 0.15) is 38.5 Å². The van der Waals surface area contributed by atoms with Gasteiger partial charge in [-0.1, -0.05) is 5.57 Å². The molecule has 2 heterocycles. The number of hydrogen-bond acceptors (Lipinski definition) is 3. The monoisotopic (exact) mass is 292 g/mol. The van der Waals surface area contributed by atoms with Gasteiger partial charge in [-0.05, 0) is 44.4 Å². The van der Waals surface area contributed by atoms with Crippen LogP contribution in [0.3, 0.4) is 0 Å². The number of amides is 2. The zero-order valence-corrected chi connectivity index (χ0v) is 12.4. The van der Waals surface area contributed by atoms with E-state index in [-0.39, 0.29) is 23.8 Å². The van der Waals surface area contributed by atoms with Crippen LogP contribution >= 0.6 is 0 Å². The summed E-state index contributed by atoms with van der Waals surface area (Å²) in [4.78, 5) is 25.5. The van der Waals surface area contributed by atoms with Gasteiger partial charge in [-0.15, -0.1) is 0 Å². The summed E-state index contributed by atoms with van der Waals surface area (Å²) in [5, 5.41) is 0. The predicted octanol–water partition coefficient (Wildman–Crippen LogP) is 1.23. The van der Waals surface area contributed by atoms with Crippen molar-refractivity contribution in [2.45, 2.75) is 44.6 Å². The number of carbonyl (C=O) groups is 2. The lowest BCUT2D eigenvalue weighted by Gasteiger charge is -2.35. The molecule has 5 heteroatoms. The summed E-state index contributed by atoms with van der Waals surface area (Å²) in [6, 6.07) is 0. The molecule has 3 fully saturated rings. The number of hydrogen-bond donors (Lipinski definition) is 1. The van der Waals surface area contributed by atoms with E-state index in [0.29, 0.717) is 12.5 Å². The fourth-order valence-corrected chi connectivity index (χ4v) is 3.62. The number of rotatable bonds is 3. The molecule has 0 aromatic rings. The molecular formula is C16H24N2O3. The van der Waals surface area contributed by atoms with Crippen LogP contribution in [0.2, 0.25) is 0 Å². The summed E-state index contributed by atoms with van der Waals surface area (Å²) < 4.78 is 5.74. The number of primary amides is 1. The maximum atomic E-state index is 12.1. The topological polar surface area (TPSA) is 72.6 Å². The van der Waals surface area contributed by atoms with Gasteiger partial charge in [0.2, 0.25) is 11.8 Å². The highest BCUT2D eigenvalue weighted by Gasteiger charge is 2.39. The highest BCUT2D eigenvalue weighted by atomic mass is 16.5. The molecule has 3 aliphatic rings. The molecule has 21 heavy (non-hydrogen) atoms. The van der Waals surface area contributed by atoms with E-state index in [2.05, 4.69) is 0 Å². The lowest BCUT2D eigenvalue weighted by molar-refractivity contribution is -0.130. The van der Waals surface area contributed by atoms with Crippen LogP contribution in [0, 0.1) is 11.8 Å². The Labute approximate surface area is 125 Å². The van der Waals surface area contributed by atoms with Crippen molar-refractivity contribution in [1.82, 2.24) is 4.90 Å². The quantitative estimate of drug-likeness (QED) is 0.795. The molecule has 1 aliphatic carbocycles. The molecule has 2 amide bonds. The Morgan fingerprint density at radius 2 is 1.90 bits per heavy atom. The maximum Gasteiger partial charge on any atom is 0.246 e. The van der Waals surface area contributed by atoms with Gasteiger partial charge >= 0.3 is 0 Å². The van der Waals surface area contributed by atoms with E-state index in [0.717, 1.165) is 45.2 Å². The molecule has 0 aromatic carbocycles. The van der Waals surface area contributed by atoms with Crippen LogP contribution in [-0.4, -0.2) is 42.5 Å². The first-order chi connectivity index (χ1) is 10.1. The van der Waals surface area contributed by atoms with Gasteiger partial charge in [-0.3, -0.25) is 9.59 Å². The van der Waals surface area contributed by atoms with Crippen molar-refractivity contribution in [2.24, 2.45) is 17.6 Å². The van der Waals surface area contributed by atoms with E-state index in [1.54, 1.807) is 0 Å². The summed E-state index contributed by atoms with van der Waals surface area (Å²) in [6.07, 6.45) is 7.72. The third-order valence-corrected chi connectivity index (χ3v) is 5.14. The van der Waals surface area contributed by atoms with Gasteiger partial charge in [0, 0.05) is 25.8 Å². The summed E-state index contributed by atoms with van der Waals surface area (Å²) >= 11 is 0. The first-order valence-corrected chi connectivity index (χ1v) is 8.04. The lowest BCUT2D eigenvalue weighted by atomic mass is 9.84. The minimum absolute atomic E-state index is 0.0373. The Hall–Kier alpha value is -1.36. The summed E-state index contributed by atoms with van der Waals surface area (Å²) in [7, 11) is 0. The van der Waals surface area contributed by atoms with Crippen LogP contribution in [0.4, 0.5) is 0 Å². The van der Waals surface area contributed by atoms with Gasteiger partial charge in [0.15, 0.2) is 0 Å². The molecule has 2 saturated heterocycles. The molecule has 1 saturated carbocycles. The summed E-state index contributed by atoms with van der Waals surface area (Å²) in [5.41, 5.74) is 6.74. The van der Waals surface area contributed by atoms with E-state index in [4.69, 9.17) is 10.5 Å². The molecule has 0 aromatic heterocycles. The molecule has 2 aliphatic heterocycles. The number of carbonyl (C=O) groups excluding carboxylic acids is 2. The molecule has 2 atom stereocenters. The average Bonchev–Trinajstić information content (AvgIpc) is 2.92. The van der Waals surface area contributed by atoms with Crippen molar-refractivity contribution in [3.8, 4) is 0 Å². The Balaban J connectivity index is 1.53. The minimum Gasteiger partial charge on any atom is -0.377 e. The third kappa shape index (κ3) is 3.12. The molecule has 3 rings (SSSR count). The Kier molecular flexibility index (Phi) is 4.29. The fraction of sp³-hybridized carbons (Fsp3) is 0.750. The van der Waals surface area contributed by atoms with Crippen molar-refractivity contribution in [3.05, 3.63) is 11.6 Å². The van der Waals surface area contributed by atoms with Crippen LogP contribution in [0.5, 0.6) is 0 Å². The van der Waals surface area contributed by atoms with Crippen molar-refractivity contribution in [3.63, 3.8) is 0 Å². The largest absolute Gasteiger partial charge is 0.377 e.